The fourth-order valence-electron chi connectivity index (χ4n) is 2.89. The van der Waals surface area contributed by atoms with Crippen LogP contribution >= 0.6 is 0 Å². The molecular weight excluding hydrogens is 294 g/mol. The van der Waals surface area contributed by atoms with E-state index in [4.69, 9.17) is 10.5 Å². The first-order chi connectivity index (χ1) is 10.9. The zero-order chi connectivity index (χ0) is 17.0. The molecule has 1 aromatic rings. The standard InChI is InChI=1S/C17H25N3O3/c1-11-4-5-15(23-3)14(10-11)19-17(22)12(2)20-8-6-13(7-9-20)16(18)21/h4-5,10,12-13H,6-9H2,1-3H3,(H2,18,21)(H,19,22). The van der Waals surface area contributed by atoms with E-state index in [1.807, 2.05) is 32.0 Å². The number of carbonyl (C=O) groups is 2. The van der Waals surface area contributed by atoms with E-state index in [0.717, 1.165) is 5.56 Å². The van der Waals surface area contributed by atoms with Crippen LogP contribution in [0.1, 0.15) is 25.3 Å². The number of likely N-dealkylation sites (tertiary alicyclic amines) is 1. The number of nitrogens with two attached hydrogens (primary N) is 1. The quantitative estimate of drug-likeness (QED) is 0.862. The number of nitrogens with one attached hydrogen (secondary N) is 1. The number of methoxy groups -OCH3 is 1. The Kier molecular flexibility index (Phi) is 5.60. The number of nitrogens with zero attached hydrogens (tertiary/aromatic N) is 1. The Hall–Kier alpha value is -2.08. The zero-order valence-corrected chi connectivity index (χ0v) is 14.0. The van der Waals surface area contributed by atoms with Gasteiger partial charge < -0.3 is 15.8 Å². The van der Waals surface area contributed by atoms with E-state index >= 15 is 0 Å². The molecule has 0 aliphatic carbocycles. The third-order valence-electron chi connectivity index (χ3n) is 4.47. The monoisotopic (exact) mass is 319 g/mol. The Balaban J connectivity index is 1.98. The molecule has 0 aromatic heterocycles. The predicted molar refractivity (Wildman–Crippen MR) is 89.3 cm³/mol. The molecular formula is C17H25N3O3. The van der Waals surface area contributed by atoms with Gasteiger partial charge in [0.1, 0.15) is 5.75 Å². The van der Waals surface area contributed by atoms with Crippen molar-refractivity contribution in [3.63, 3.8) is 0 Å². The lowest BCUT2D eigenvalue weighted by molar-refractivity contribution is -0.124. The van der Waals surface area contributed by atoms with E-state index in [2.05, 4.69) is 10.2 Å². The lowest BCUT2D eigenvalue weighted by Crippen LogP contribution is -2.47. The molecule has 1 aliphatic heterocycles. The Morgan fingerprint density at radius 2 is 2.00 bits per heavy atom. The molecule has 1 aliphatic rings. The molecule has 1 fully saturated rings. The molecule has 1 aromatic carbocycles. The number of ether oxygens (including phenoxy) is 1. The van der Waals surface area contributed by atoms with Crippen LogP contribution < -0.4 is 15.8 Å². The topological polar surface area (TPSA) is 84.7 Å². The summed E-state index contributed by atoms with van der Waals surface area (Å²) < 4.78 is 5.29. The Labute approximate surface area is 137 Å². The van der Waals surface area contributed by atoms with Gasteiger partial charge in [0, 0.05) is 5.92 Å². The molecule has 1 unspecified atom stereocenters. The summed E-state index contributed by atoms with van der Waals surface area (Å²) in [5.74, 6) is 0.250. The molecule has 6 heteroatoms. The van der Waals surface area contributed by atoms with Crippen LogP contribution in [0, 0.1) is 12.8 Å². The van der Waals surface area contributed by atoms with Crippen molar-refractivity contribution in [1.82, 2.24) is 4.90 Å². The van der Waals surface area contributed by atoms with Gasteiger partial charge in [-0.05, 0) is 57.5 Å². The number of benzene rings is 1. The summed E-state index contributed by atoms with van der Waals surface area (Å²) in [6, 6.07) is 5.40. The third kappa shape index (κ3) is 4.22. The van der Waals surface area contributed by atoms with Gasteiger partial charge in [0.25, 0.3) is 0 Å². The number of amides is 2. The number of hydrogen-bond acceptors (Lipinski definition) is 4. The summed E-state index contributed by atoms with van der Waals surface area (Å²) in [4.78, 5) is 25.8. The number of rotatable bonds is 5. The molecule has 2 rings (SSSR count). The maximum absolute atomic E-state index is 12.5. The van der Waals surface area contributed by atoms with Gasteiger partial charge in [0.2, 0.25) is 11.8 Å². The van der Waals surface area contributed by atoms with Gasteiger partial charge in [-0.3, -0.25) is 14.5 Å². The van der Waals surface area contributed by atoms with Crippen LogP contribution in [-0.2, 0) is 9.59 Å². The minimum Gasteiger partial charge on any atom is -0.495 e. The first kappa shape index (κ1) is 17.3. The molecule has 1 atom stereocenters. The van der Waals surface area contributed by atoms with Gasteiger partial charge in [-0.15, -0.1) is 0 Å². The first-order valence-corrected chi connectivity index (χ1v) is 7.91. The number of anilines is 1. The van der Waals surface area contributed by atoms with Gasteiger partial charge in [0.05, 0.1) is 18.8 Å². The Morgan fingerprint density at radius 3 is 2.57 bits per heavy atom. The fraction of sp³-hybridized carbons (Fsp3) is 0.529. The molecule has 23 heavy (non-hydrogen) atoms. The van der Waals surface area contributed by atoms with Gasteiger partial charge in [-0.2, -0.15) is 0 Å². The van der Waals surface area contributed by atoms with Crippen LogP contribution in [0.3, 0.4) is 0 Å². The van der Waals surface area contributed by atoms with Crippen LogP contribution in [0.5, 0.6) is 5.75 Å². The molecule has 126 valence electrons. The highest BCUT2D eigenvalue weighted by atomic mass is 16.5. The SMILES string of the molecule is COc1ccc(C)cc1NC(=O)C(C)N1CCC(C(N)=O)CC1. The minimum atomic E-state index is -0.269. The van der Waals surface area contributed by atoms with E-state index < -0.39 is 0 Å². The molecule has 2 amide bonds. The second kappa shape index (κ2) is 7.46. The second-order valence-corrected chi connectivity index (χ2v) is 6.08. The van der Waals surface area contributed by atoms with Crippen LogP contribution in [-0.4, -0.2) is 43.0 Å². The van der Waals surface area contributed by atoms with Gasteiger partial charge >= 0.3 is 0 Å². The highest BCUT2D eigenvalue weighted by molar-refractivity contribution is 5.96. The summed E-state index contributed by atoms with van der Waals surface area (Å²) in [5, 5.41) is 2.94. The number of hydrogen-bond donors (Lipinski definition) is 2. The van der Waals surface area contributed by atoms with Crippen molar-refractivity contribution in [2.45, 2.75) is 32.7 Å². The van der Waals surface area contributed by atoms with E-state index in [1.54, 1.807) is 7.11 Å². The van der Waals surface area contributed by atoms with Crippen LogP contribution in [0.4, 0.5) is 5.69 Å². The average Bonchev–Trinajstić information content (AvgIpc) is 2.54. The summed E-state index contributed by atoms with van der Waals surface area (Å²) in [6.07, 6.45) is 1.42. The van der Waals surface area contributed by atoms with Crippen molar-refractivity contribution in [1.29, 1.82) is 0 Å². The highest BCUT2D eigenvalue weighted by Gasteiger charge is 2.29. The summed E-state index contributed by atoms with van der Waals surface area (Å²) in [5.41, 5.74) is 7.08. The summed E-state index contributed by atoms with van der Waals surface area (Å²) >= 11 is 0. The van der Waals surface area contributed by atoms with Crippen molar-refractivity contribution in [3.8, 4) is 5.75 Å². The Bertz CT molecular complexity index is 580. The van der Waals surface area contributed by atoms with Crippen LogP contribution in [0.25, 0.3) is 0 Å². The fourth-order valence-corrected chi connectivity index (χ4v) is 2.89. The number of piperidine rings is 1. The molecule has 1 saturated heterocycles. The van der Waals surface area contributed by atoms with E-state index in [0.29, 0.717) is 37.4 Å². The Morgan fingerprint density at radius 1 is 1.35 bits per heavy atom. The van der Waals surface area contributed by atoms with Crippen molar-refractivity contribution in [3.05, 3.63) is 23.8 Å². The molecule has 3 N–H and O–H groups in total. The number of aryl methyl sites for hydroxylation is 1. The van der Waals surface area contributed by atoms with Crippen molar-refractivity contribution in [2.24, 2.45) is 11.7 Å². The van der Waals surface area contributed by atoms with Gasteiger partial charge in [0.15, 0.2) is 0 Å². The second-order valence-electron chi connectivity index (χ2n) is 6.08. The number of primary amides is 1. The minimum absolute atomic E-state index is 0.0709. The molecule has 0 radical (unpaired) electrons. The van der Waals surface area contributed by atoms with Gasteiger partial charge in [-0.25, -0.2) is 0 Å². The van der Waals surface area contributed by atoms with E-state index in [9.17, 15) is 9.59 Å². The zero-order valence-electron chi connectivity index (χ0n) is 14.0. The number of carbonyl (C=O) groups excluding carboxylic acids is 2. The van der Waals surface area contributed by atoms with E-state index in [-0.39, 0.29) is 23.8 Å². The van der Waals surface area contributed by atoms with Gasteiger partial charge in [-0.1, -0.05) is 6.07 Å². The summed E-state index contributed by atoms with van der Waals surface area (Å²) in [6.45, 7) is 5.25. The maximum Gasteiger partial charge on any atom is 0.241 e. The van der Waals surface area contributed by atoms with Crippen LogP contribution in [0.2, 0.25) is 0 Å². The maximum atomic E-state index is 12.5. The third-order valence-corrected chi connectivity index (χ3v) is 4.47. The molecule has 0 bridgehead atoms. The molecule has 0 saturated carbocycles. The molecule has 6 nitrogen and oxygen atoms in total. The summed E-state index contributed by atoms with van der Waals surface area (Å²) in [7, 11) is 1.58. The first-order valence-electron chi connectivity index (χ1n) is 7.91. The molecule has 1 heterocycles. The van der Waals surface area contributed by atoms with Crippen molar-refractivity contribution >= 4 is 17.5 Å². The van der Waals surface area contributed by atoms with E-state index in [1.165, 1.54) is 0 Å². The van der Waals surface area contributed by atoms with Crippen molar-refractivity contribution in [2.75, 3.05) is 25.5 Å². The van der Waals surface area contributed by atoms with Crippen LogP contribution in [0.15, 0.2) is 18.2 Å². The molecule has 0 spiro atoms. The lowest BCUT2D eigenvalue weighted by atomic mass is 9.95. The largest absolute Gasteiger partial charge is 0.495 e. The lowest BCUT2D eigenvalue weighted by Gasteiger charge is -2.34. The highest BCUT2D eigenvalue weighted by Crippen LogP contribution is 2.26. The normalized spacial score (nSPS) is 17.5. The average molecular weight is 319 g/mol. The predicted octanol–water partition coefficient (Wildman–Crippen LogP) is 1.53. The van der Waals surface area contributed by atoms with Crippen molar-refractivity contribution < 1.29 is 14.3 Å². The smallest absolute Gasteiger partial charge is 0.241 e.